The predicted molar refractivity (Wildman–Crippen MR) is 71.4 cm³/mol. The second-order valence-corrected chi connectivity index (χ2v) is 4.51. The fraction of sp³-hybridized carbons (Fsp3) is 0.533. The Hall–Kier alpha value is -1.73. The molecular weight excluding hydrogens is 242 g/mol. The maximum Gasteiger partial charge on any atom is 0.162 e. The van der Waals surface area contributed by atoms with E-state index in [-0.39, 0.29) is 6.10 Å². The Bertz CT molecular complexity index is 447. The average Bonchev–Trinajstić information content (AvgIpc) is 2.47. The Labute approximate surface area is 113 Å². The molecule has 1 aliphatic rings. The molecule has 1 aromatic rings. The zero-order chi connectivity index (χ0) is 13.5. The molecule has 4 nitrogen and oxygen atoms in total. The largest absolute Gasteiger partial charge is 0.490 e. The van der Waals surface area contributed by atoms with E-state index in [1.807, 2.05) is 6.92 Å². The number of hydrogen-bond acceptors (Lipinski definition) is 4. The molecule has 0 aromatic heterocycles. The van der Waals surface area contributed by atoms with Crippen molar-refractivity contribution in [1.29, 1.82) is 5.26 Å². The van der Waals surface area contributed by atoms with Gasteiger partial charge in [-0.3, -0.25) is 0 Å². The monoisotopic (exact) mass is 261 g/mol. The SMILES string of the molecule is CCOc1cc(C#N)ccc1OCC1CCCCO1. The molecule has 0 saturated carbocycles. The molecule has 1 heterocycles. The molecule has 0 N–H and O–H groups in total. The highest BCUT2D eigenvalue weighted by Gasteiger charge is 2.15. The minimum Gasteiger partial charge on any atom is -0.490 e. The van der Waals surface area contributed by atoms with E-state index in [4.69, 9.17) is 19.5 Å². The van der Waals surface area contributed by atoms with Crippen LogP contribution in [0.2, 0.25) is 0 Å². The molecule has 0 aliphatic carbocycles. The summed E-state index contributed by atoms with van der Waals surface area (Å²) in [6, 6.07) is 7.33. The molecule has 102 valence electrons. The van der Waals surface area contributed by atoms with Gasteiger partial charge < -0.3 is 14.2 Å². The normalized spacial score (nSPS) is 18.6. The van der Waals surface area contributed by atoms with Crippen molar-refractivity contribution in [2.24, 2.45) is 0 Å². The zero-order valence-electron chi connectivity index (χ0n) is 11.2. The number of hydrogen-bond donors (Lipinski definition) is 0. The third kappa shape index (κ3) is 3.87. The van der Waals surface area contributed by atoms with Gasteiger partial charge in [0.15, 0.2) is 11.5 Å². The van der Waals surface area contributed by atoms with Crippen LogP contribution < -0.4 is 9.47 Å². The van der Waals surface area contributed by atoms with Crippen molar-refractivity contribution in [3.05, 3.63) is 23.8 Å². The van der Waals surface area contributed by atoms with Crippen LogP contribution in [-0.4, -0.2) is 25.9 Å². The smallest absolute Gasteiger partial charge is 0.162 e. The van der Waals surface area contributed by atoms with Crippen molar-refractivity contribution in [1.82, 2.24) is 0 Å². The summed E-state index contributed by atoms with van der Waals surface area (Å²) in [6.45, 7) is 3.81. The first-order valence-electron chi connectivity index (χ1n) is 6.75. The number of benzene rings is 1. The first-order chi connectivity index (χ1) is 9.33. The molecule has 1 aliphatic heterocycles. The lowest BCUT2D eigenvalue weighted by Crippen LogP contribution is -2.25. The van der Waals surface area contributed by atoms with Crippen LogP contribution in [0.25, 0.3) is 0 Å². The van der Waals surface area contributed by atoms with E-state index in [0.717, 1.165) is 19.4 Å². The lowest BCUT2D eigenvalue weighted by molar-refractivity contribution is -0.0115. The Morgan fingerprint density at radius 2 is 2.21 bits per heavy atom. The fourth-order valence-corrected chi connectivity index (χ4v) is 2.09. The van der Waals surface area contributed by atoms with E-state index in [0.29, 0.717) is 30.3 Å². The molecule has 1 unspecified atom stereocenters. The van der Waals surface area contributed by atoms with Gasteiger partial charge in [-0.1, -0.05) is 0 Å². The van der Waals surface area contributed by atoms with E-state index in [1.165, 1.54) is 6.42 Å². The molecular formula is C15H19NO3. The Morgan fingerprint density at radius 1 is 1.32 bits per heavy atom. The number of nitriles is 1. The average molecular weight is 261 g/mol. The van der Waals surface area contributed by atoms with E-state index >= 15 is 0 Å². The van der Waals surface area contributed by atoms with Crippen molar-refractivity contribution >= 4 is 0 Å². The van der Waals surface area contributed by atoms with Crippen LogP contribution in [0.5, 0.6) is 11.5 Å². The Morgan fingerprint density at radius 3 is 2.89 bits per heavy atom. The van der Waals surface area contributed by atoms with Crippen LogP contribution >= 0.6 is 0 Å². The molecule has 1 aromatic carbocycles. The first kappa shape index (κ1) is 13.7. The summed E-state index contributed by atoms with van der Waals surface area (Å²) in [5.41, 5.74) is 0.574. The maximum absolute atomic E-state index is 8.89. The second kappa shape index (κ2) is 7.01. The van der Waals surface area contributed by atoms with E-state index in [1.54, 1.807) is 18.2 Å². The van der Waals surface area contributed by atoms with Crippen molar-refractivity contribution < 1.29 is 14.2 Å². The number of ether oxygens (including phenoxy) is 3. The highest BCUT2D eigenvalue weighted by molar-refractivity contribution is 5.46. The van der Waals surface area contributed by atoms with E-state index in [9.17, 15) is 0 Å². The Balaban J connectivity index is 2.00. The van der Waals surface area contributed by atoms with E-state index in [2.05, 4.69) is 6.07 Å². The van der Waals surface area contributed by atoms with Gasteiger partial charge in [0.2, 0.25) is 0 Å². The summed E-state index contributed by atoms with van der Waals surface area (Å²) in [5, 5.41) is 8.89. The first-order valence-corrected chi connectivity index (χ1v) is 6.75. The lowest BCUT2D eigenvalue weighted by Gasteiger charge is -2.23. The van der Waals surface area contributed by atoms with Crippen molar-refractivity contribution in [3.63, 3.8) is 0 Å². The third-order valence-electron chi connectivity index (χ3n) is 3.07. The van der Waals surface area contributed by atoms with Crippen LogP contribution in [0.1, 0.15) is 31.7 Å². The minimum absolute atomic E-state index is 0.166. The Kier molecular flexibility index (Phi) is 5.05. The summed E-state index contributed by atoms with van der Waals surface area (Å²) in [5.74, 6) is 1.30. The van der Waals surface area contributed by atoms with Gasteiger partial charge in [-0.2, -0.15) is 5.26 Å². The van der Waals surface area contributed by atoms with Gasteiger partial charge >= 0.3 is 0 Å². The molecule has 2 rings (SSSR count). The third-order valence-corrected chi connectivity index (χ3v) is 3.07. The lowest BCUT2D eigenvalue weighted by atomic mass is 10.1. The van der Waals surface area contributed by atoms with E-state index < -0.39 is 0 Å². The summed E-state index contributed by atoms with van der Waals surface area (Å²) < 4.78 is 16.9. The van der Waals surface area contributed by atoms with Gasteiger partial charge in [0, 0.05) is 12.7 Å². The summed E-state index contributed by atoms with van der Waals surface area (Å²) in [4.78, 5) is 0. The molecule has 19 heavy (non-hydrogen) atoms. The predicted octanol–water partition coefficient (Wildman–Crippen LogP) is 2.90. The molecule has 0 radical (unpaired) electrons. The molecule has 0 bridgehead atoms. The molecule has 1 atom stereocenters. The molecule has 1 fully saturated rings. The fourth-order valence-electron chi connectivity index (χ4n) is 2.09. The van der Waals surface area contributed by atoms with Crippen LogP contribution in [-0.2, 0) is 4.74 Å². The van der Waals surface area contributed by atoms with Crippen molar-refractivity contribution in [2.45, 2.75) is 32.3 Å². The molecule has 4 heteroatoms. The van der Waals surface area contributed by atoms with Crippen LogP contribution in [0.15, 0.2) is 18.2 Å². The van der Waals surface area contributed by atoms with Gasteiger partial charge in [0.05, 0.1) is 24.3 Å². The summed E-state index contributed by atoms with van der Waals surface area (Å²) in [7, 11) is 0. The maximum atomic E-state index is 8.89. The molecule has 0 spiro atoms. The highest BCUT2D eigenvalue weighted by Crippen LogP contribution is 2.29. The van der Waals surface area contributed by atoms with Gasteiger partial charge in [-0.05, 0) is 38.3 Å². The standard InChI is InChI=1S/C15H19NO3/c1-2-17-15-9-12(10-16)6-7-14(15)19-11-13-5-3-4-8-18-13/h6-7,9,13H,2-5,8,11H2,1H3. The summed E-state index contributed by atoms with van der Waals surface area (Å²) in [6.07, 6.45) is 3.54. The van der Waals surface area contributed by atoms with Crippen molar-refractivity contribution in [2.75, 3.05) is 19.8 Å². The number of nitrogens with zero attached hydrogens (tertiary/aromatic N) is 1. The minimum atomic E-state index is 0.166. The topological polar surface area (TPSA) is 51.5 Å². The van der Waals surface area contributed by atoms with Gasteiger partial charge in [0.1, 0.15) is 6.61 Å². The summed E-state index contributed by atoms with van der Waals surface area (Å²) >= 11 is 0. The number of rotatable bonds is 5. The van der Waals surface area contributed by atoms with Crippen LogP contribution in [0, 0.1) is 11.3 Å². The van der Waals surface area contributed by atoms with Crippen LogP contribution in [0.4, 0.5) is 0 Å². The van der Waals surface area contributed by atoms with Gasteiger partial charge in [0.25, 0.3) is 0 Å². The zero-order valence-corrected chi connectivity index (χ0v) is 11.2. The molecule has 1 saturated heterocycles. The van der Waals surface area contributed by atoms with Gasteiger partial charge in [-0.25, -0.2) is 0 Å². The quantitative estimate of drug-likeness (QED) is 0.817. The van der Waals surface area contributed by atoms with Crippen LogP contribution in [0.3, 0.4) is 0 Å². The van der Waals surface area contributed by atoms with Gasteiger partial charge in [-0.15, -0.1) is 0 Å². The van der Waals surface area contributed by atoms with Crippen molar-refractivity contribution in [3.8, 4) is 17.6 Å². The highest BCUT2D eigenvalue weighted by atomic mass is 16.5. The second-order valence-electron chi connectivity index (χ2n) is 4.51. The molecule has 0 amide bonds.